The van der Waals surface area contributed by atoms with Gasteiger partial charge >= 0.3 is 0 Å². The largest absolute Gasteiger partial charge is 0.215 e. The smallest absolute Gasteiger partial charge is 0.215 e. The fourth-order valence-electron chi connectivity index (χ4n) is 2.64. The van der Waals surface area contributed by atoms with Gasteiger partial charge in [-0.2, -0.15) is 4.98 Å². The number of hydrogen-bond donors (Lipinski definition) is 1. The van der Waals surface area contributed by atoms with Gasteiger partial charge < -0.3 is 0 Å². The second-order valence-electron chi connectivity index (χ2n) is 5.87. The number of aromatic nitrogens is 3. The Labute approximate surface area is 163 Å². The van der Waals surface area contributed by atoms with E-state index in [9.17, 15) is 12.8 Å². The lowest BCUT2D eigenvalue weighted by Crippen LogP contribution is -2.27. The molecule has 4 rings (SSSR count). The van der Waals surface area contributed by atoms with Crippen molar-refractivity contribution in [1.82, 2.24) is 19.3 Å². The second-order valence-corrected chi connectivity index (χ2v) is 9.46. The topological polar surface area (TPSA) is 76.4 Å². The molecular weight excluding hydrogens is 407 g/mol. The highest BCUT2D eigenvalue weighted by molar-refractivity contribution is 7.88. The van der Waals surface area contributed by atoms with Crippen LogP contribution in [0.3, 0.4) is 0 Å². The van der Waals surface area contributed by atoms with Crippen molar-refractivity contribution in [3.8, 4) is 10.7 Å². The number of sulfonamides is 1. The van der Waals surface area contributed by atoms with Gasteiger partial charge in [-0.15, -0.1) is 27.8 Å². The summed E-state index contributed by atoms with van der Waals surface area (Å²) in [7, 11) is -3.55. The van der Waals surface area contributed by atoms with Gasteiger partial charge in [0.15, 0.2) is 5.82 Å². The van der Waals surface area contributed by atoms with Gasteiger partial charge in [0, 0.05) is 18.3 Å². The van der Waals surface area contributed by atoms with E-state index >= 15 is 0 Å². The molecule has 0 spiro atoms. The number of hydrogen-bond acceptors (Lipinski definition) is 6. The molecule has 1 N–H and O–H groups in total. The monoisotopic (exact) mass is 422 g/mol. The summed E-state index contributed by atoms with van der Waals surface area (Å²) in [6.45, 7) is 0.234. The van der Waals surface area contributed by atoms with Gasteiger partial charge in [0.05, 0.1) is 16.3 Å². The molecule has 1 aromatic carbocycles. The predicted octanol–water partition coefficient (Wildman–Crippen LogP) is 3.32. The first-order chi connectivity index (χ1) is 13.0. The number of thiophene rings is 1. The maximum absolute atomic E-state index is 13.2. The predicted molar refractivity (Wildman–Crippen MR) is 105 cm³/mol. The third-order valence-electron chi connectivity index (χ3n) is 3.84. The lowest BCUT2D eigenvalue weighted by Gasteiger charge is -2.06. The van der Waals surface area contributed by atoms with Crippen molar-refractivity contribution < 1.29 is 12.8 Å². The summed E-state index contributed by atoms with van der Waals surface area (Å²) in [6.07, 6.45) is 0.482. The Hall–Kier alpha value is -2.14. The van der Waals surface area contributed by atoms with Gasteiger partial charge in [0.1, 0.15) is 5.82 Å². The van der Waals surface area contributed by atoms with Gasteiger partial charge in [-0.1, -0.05) is 18.2 Å². The molecule has 0 unspecified atom stereocenters. The highest BCUT2D eigenvalue weighted by Crippen LogP contribution is 2.24. The number of nitrogens with zero attached hydrogens (tertiary/aromatic N) is 3. The Morgan fingerprint density at radius 2 is 2.07 bits per heavy atom. The molecule has 140 valence electrons. The minimum absolute atomic E-state index is 0.234. The van der Waals surface area contributed by atoms with Crippen LogP contribution in [0.25, 0.3) is 15.7 Å². The van der Waals surface area contributed by atoms with Crippen molar-refractivity contribution in [2.45, 2.75) is 12.2 Å². The van der Waals surface area contributed by atoms with Crippen LogP contribution in [-0.2, 0) is 22.2 Å². The van der Waals surface area contributed by atoms with Crippen molar-refractivity contribution in [2.24, 2.45) is 0 Å². The standard InChI is InChI=1S/C17H15FN4O2S3/c18-13-4-1-3-12(9-13)11-27(23,24)19-7-6-14-10-26-17-20-16(21-22(14)17)15-5-2-8-25-15/h1-5,8-10,19H,6-7,11H2. The van der Waals surface area contributed by atoms with Crippen LogP contribution < -0.4 is 4.72 Å². The molecule has 6 nitrogen and oxygen atoms in total. The molecule has 0 radical (unpaired) electrons. The Morgan fingerprint density at radius 3 is 2.85 bits per heavy atom. The number of halogens is 1. The summed E-state index contributed by atoms with van der Waals surface area (Å²) in [5, 5.41) is 8.41. The maximum Gasteiger partial charge on any atom is 0.215 e. The normalized spacial score (nSPS) is 12.0. The summed E-state index contributed by atoms with van der Waals surface area (Å²) >= 11 is 3.04. The molecule has 0 aliphatic carbocycles. The number of rotatable bonds is 7. The van der Waals surface area contributed by atoms with E-state index in [2.05, 4.69) is 14.8 Å². The van der Waals surface area contributed by atoms with E-state index in [4.69, 9.17) is 0 Å². The molecule has 3 aromatic heterocycles. The van der Waals surface area contributed by atoms with E-state index in [1.807, 2.05) is 22.9 Å². The molecule has 4 aromatic rings. The van der Waals surface area contributed by atoms with E-state index < -0.39 is 15.8 Å². The SMILES string of the molecule is O=S(=O)(Cc1cccc(F)c1)NCCc1csc2nc(-c3cccs3)nn12. The molecule has 0 bridgehead atoms. The fourth-order valence-corrected chi connectivity index (χ4v) is 5.28. The van der Waals surface area contributed by atoms with Crippen molar-refractivity contribution in [2.75, 3.05) is 6.54 Å². The summed E-state index contributed by atoms with van der Waals surface area (Å²) in [6, 6.07) is 9.51. The Kier molecular flexibility index (Phi) is 5.04. The molecule has 0 fully saturated rings. The zero-order valence-electron chi connectivity index (χ0n) is 14.0. The minimum Gasteiger partial charge on any atom is -0.215 e. The summed E-state index contributed by atoms with van der Waals surface area (Å²) in [4.78, 5) is 6.27. The van der Waals surface area contributed by atoms with Gasteiger partial charge in [-0.25, -0.2) is 22.0 Å². The third kappa shape index (κ3) is 4.24. The Balaban J connectivity index is 1.41. The molecule has 0 atom stereocenters. The maximum atomic E-state index is 13.2. The lowest BCUT2D eigenvalue weighted by atomic mass is 10.2. The molecule has 0 saturated heterocycles. The van der Waals surface area contributed by atoms with Gasteiger partial charge in [0.2, 0.25) is 15.0 Å². The number of fused-ring (bicyclic) bond motifs is 1. The Morgan fingerprint density at radius 1 is 1.19 bits per heavy atom. The first-order valence-corrected chi connectivity index (χ1v) is 11.5. The third-order valence-corrected chi connectivity index (χ3v) is 6.93. The van der Waals surface area contributed by atoms with Gasteiger partial charge in [-0.3, -0.25) is 0 Å². The number of nitrogens with one attached hydrogen (secondary N) is 1. The number of benzene rings is 1. The zero-order valence-corrected chi connectivity index (χ0v) is 16.5. The van der Waals surface area contributed by atoms with Crippen LogP contribution in [0.2, 0.25) is 0 Å². The first kappa shape index (κ1) is 18.2. The van der Waals surface area contributed by atoms with Crippen LogP contribution in [-0.4, -0.2) is 29.6 Å². The van der Waals surface area contributed by atoms with Gasteiger partial charge in [-0.05, 0) is 29.1 Å². The van der Waals surface area contributed by atoms with Crippen LogP contribution in [0.1, 0.15) is 11.3 Å². The second kappa shape index (κ2) is 7.47. The van der Waals surface area contributed by atoms with Crippen LogP contribution in [0, 0.1) is 5.82 Å². The van der Waals surface area contributed by atoms with Crippen molar-refractivity contribution >= 4 is 37.7 Å². The molecular formula is C17H15FN4O2S3. The molecule has 3 heterocycles. The molecule has 0 aliphatic rings. The zero-order chi connectivity index (χ0) is 18.9. The number of thiazole rings is 1. The average molecular weight is 423 g/mol. The molecule has 0 saturated carbocycles. The molecule has 0 aliphatic heterocycles. The molecule has 10 heteroatoms. The van der Waals surface area contributed by atoms with E-state index in [1.165, 1.54) is 29.5 Å². The highest BCUT2D eigenvalue weighted by atomic mass is 32.2. The molecule has 27 heavy (non-hydrogen) atoms. The average Bonchev–Trinajstić information content (AvgIpc) is 3.31. The quantitative estimate of drug-likeness (QED) is 0.496. The van der Waals surface area contributed by atoms with E-state index in [1.54, 1.807) is 21.9 Å². The van der Waals surface area contributed by atoms with E-state index in [-0.39, 0.29) is 12.3 Å². The fraction of sp³-hybridized carbons (Fsp3) is 0.176. The summed E-state index contributed by atoms with van der Waals surface area (Å²) in [5.74, 6) is -0.0313. The van der Waals surface area contributed by atoms with Crippen LogP contribution in [0.4, 0.5) is 4.39 Å². The van der Waals surface area contributed by atoms with E-state index in [0.717, 1.165) is 15.5 Å². The van der Waals surface area contributed by atoms with Gasteiger partial charge in [0.25, 0.3) is 0 Å². The van der Waals surface area contributed by atoms with Crippen molar-refractivity contribution in [3.05, 3.63) is 64.2 Å². The van der Waals surface area contributed by atoms with Crippen LogP contribution >= 0.6 is 22.7 Å². The van der Waals surface area contributed by atoms with Crippen molar-refractivity contribution in [1.29, 1.82) is 0 Å². The first-order valence-electron chi connectivity index (χ1n) is 8.09. The highest BCUT2D eigenvalue weighted by Gasteiger charge is 2.14. The van der Waals surface area contributed by atoms with Crippen molar-refractivity contribution in [3.63, 3.8) is 0 Å². The lowest BCUT2D eigenvalue weighted by molar-refractivity contribution is 0.579. The van der Waals surface area contributed by atoms with E-state index in [0.29, 0.717) is 17.8 Å². The minimum atomic E-state index is -3.55. The van der Waals surface area contributed by atoms with Crippen LogP contribution in [0.15, 0.2) is 47.2 Å². The van der Waals surface area contributed by atoms with Crippen LogP contribution in [0.5, 0.6) is 0 Å². The molecule has 0 amide bonds. The summed E-state index contributed by atoms with van der Waals surface area (Å²) < 4.78 is 41.9. The summed E-state index contributed by atoms with van der Waals surface area (Å²) in [5.41, 5.74) is 1.30. The Bertz CT molecular complexity index is 1170.